The lowest BCUT2D eigenvalue weighted by atomic mass is 9.82. The fourth-order valence-corrected chi connectivity index (χ4v) is 3.85. The van der Waals surface area contributed by atoms with Crippen molar-refractivity contribution >= 4 is 5.97 Å². The van der Waals surface area contributed by atoms with Crippen LogP contribution < -0.4 is 0 Å². The van der Waals surface area contributed by atoms with E-state index >= 15 is 0 Å². The highest BCUT2D eigenvalue weighted by Gasteiger charge is 2.46. The summed E-state index contributed by atoms with van der Waals surface area (Å²) in [5, 5.41) is 19.8. The highest BCUT2D eigenvalue weighted by Crippen LogP contribution is 2.38. The summed E-state index contributed by atoms with van der Waals surface area (Å²) in [6.45, 7) is 3.50. The molecule has 0 radical (unpaired) electrons. The van der Waals surface area contributed by atoms with Gasteiger partial charge in [-0.05, 0) is 32.2 Å². The van der Waals surface area contributed by atoms with Gasteiger partial charge in [-0.3, -0.25) is 9.69 Å². The number of aliphatic carboxylic acids is 1. The van der Waals surface area contributed by atoms with E-state index in [0.717, 1.165) is 51.5 Å². The largest absolute Gasteiger partial charge is 0.481 e. The summed E-state index contributed by atoms with van der Waals surface area (Å²) >= 11 is 0. The molecule has 1 saturated carbocycles. The molecule has 3 unspecified atom stereocenters. The zero-order chi connectivity index (χ0) is 13.9. The number of carbonyl (C=O) groups is 1. The van der Waals surface area contributed by atoms with Crippen LogP contribution in [0.15, 0.2) is 0 Å². The van der Waals surface area contributed by atoms with Gasteiger partial charge in [-0.15, -0.1) is 0 Å². The lowest BCUT2D eigenvalue weighted by molar-refractivity contribution is -0.149. The van der Waals surface area contributed by atoms with Crippen molar-refractivity contribution in [1.82, 2.24) is 4.90 Å². The van der Waals surface area contributed by atoms with E-state index in [2.05, 4.69) is 4.90 Å². The Morgan fingerprint density at radius 1 is 1.32 bits per heavy atom. The topological polar surface area (TPSA) is 60.8 Å². The quantitative estimate of drug-likeness (QED) is 0.769. The Balaban J connectivity index is 2.05. The Labute approximate surface area is 115 Å². The average Bonchev–Trinajstić information content (AvgIpc) is 2.68. The maximum Gasteiger partial charge on any atom is 0.310 e. The van der Waals surface area contributed by atoms with Crippen LogP contribution in [-0.2, 0) is 4.79 Å². The monoisotopic (exact) mass is 269 g/mol. The number of hydrogen-bond donors (Lipinski definition) is 2. The van der Waals surface area contributed by atoms with Gasteiger partial charge in [-0.2, -0.15) is 0 Å². The molecule has 0 amide bonds. The first-order valence-electron chi connectivity index (χ1n) is 7.74. The van der Waals surface area contributed by atoms with Gasteiger partial charge in [0.15, 0.2) is 0 Å². The molecule has 4 nitrogen and oxygen atoms in total. The maximum atomic E-state index is 11.6. The Morgan fingerprint density at radius 3 is 2.74 bits per heavy atom. The zero-order valence-corrected chi connectivity index (χ0v) is 12.0. The maximum absolute atomic E-state index is 11.6. The van der Waals surface area contributed by atoms with Crippen molar-refractivity contribution in [2.75, 3.05) is 13.1 Å². The molecule has 4 heteroatoms. The second kappa shape index (κ2) is 6.23. The van der Waals surface area contributed by atoms with E-state index in [4.69, 9.17) is 0 Å². The summed E-state index contributed by atoms with van der Waals surface area (Å²) in [5.41, 5.74) is -0.569. The number of aliphatic hydroxyl groups excluding tert-OH is 1. The normalized spacial score (nSPS) is 37.2. The molecule has 1 aliphatic carbocycles. The van der Waals surface area contributed by atoms with Gasteiger partial charge in [0, 0.05) is 12.6 Å². The van der Waals surface area contributed by atoms with Gasteiger partial charge in [-0.25, -0.2) is 0 Å². The third-order valence-electron chi connectivity index (χ3n) is 4.98. The molecule has 1 heterocycles. The molecule has 3 atom stereocenters. The number of rotatable bonds is 4. The Hall–Kier alpha value is -0.610. The van der Waals surface area contributed by atoms with Gasteiger partial charge in [0.2, 0.25) is 0 Å². The average molecular weight is 269 g/mol. The molecule has 1 saturated heterocycles. The Bertz CT molecular complexity index is 321. The molecule has 2 N–H and O–H groups in total. The SMILES string of the molecule is CCCC1(C(=O)O)CCN(C2CCCCCC2O)C1. The second-order valence-electron chi connectivity index (χ2n) is 6.33. The van der Waals surface area contributed by atoms with Crippen molar-refractivity contribution in [1.29, 1.82) is 0 Å². The van der Waals surface area contributed by atoms with Gasteiger partial charge in [0.1, 0.15) is 0 Å². The van der Waals surface area contributed by atoms with E-state index in [0.29, 0.717) is 6.54 Å². The van der Waals surface area contributed by atoms with E-state index in [1.807, 2.05) is 6.92 Å². The third-order valence-corrected chi connectivity index (χ3v) is 4.98. The molecule has 0 bridgehead atoms. The van der Waals surface area contributed by atoms with Gasteiger partial charge < -0.3 is 10.2 Å². The van der Waals surface area contributed by atoms with Crippen molar-refractivity contribution in [3.8, 4) is 0 Å². The summed E-state index contributed by atoms with van der Waals surface area (Å²) in [6, 6.07) is 0.181. The Morgan fingerprint density at radius 2 is 2.05 bits per heavy atom. The van der Waals surface area contributed by atoms with Crippen LogP contribution in [0.5, 0.6) is 0 Å². The van der Waals surface area contributed by atoms with Gasteiger partial charge in [0.05, 0.1) is 11.5 Å². The summed E-state index contributed by atoms with van der Waals surface area (Å²) in [4.78, 5) is 13.9. The highest BCUT2D eigenvalue weighted by atomic mass is 16.4. The molecule has 1 aliphatic heterocycles. The minimum Gasteiger partial charge on any atom is -0.481 e. The fourth-order valence-electron chi connectivity index (χ4n) is 3.85. The molecule has 0 spiro atoms. The summed E-state index contributed by atoms with van der Waals surface area (Å²) in [5.74, 6) is -0.653. The number of carboxylic acid groups (broad SMARTS) is 1. The molecule has 2 rings (SSSR count). The first kappa shape index (κ1) is 14.8. The van der Waals surface area contributed by atoms with Gasteiger partial charge >= 0.3 is 5.97 Å². The summed E-state index contributed by atoms with van der Waals surface area (Å²) < 4.78 is 0. The first-order chi connectivity index (χ1) is 9.09. The minimum atomic E-state index is -0.653. The molecule has 0 aromatic rings. The lowest BCUT2D eigenvalue weighted by Crippen LogP contribution is -2.44. The van der Waals surface area contributed by atoms with Gasteiger partial charge in [0.25, 0.3) is 0 Å². The number of likely N-dealkylation sites (tertiary alicyclic amines) is 1. The molecule has 2 fully saturated rings. The van der Waals surface area contributed by atoms with E-state index in [-0.39, 0.29) is 12.1 Å². The van der Waals surface area contributed by atoms with E-state index in [9.17, 15) is 15.0 Å². The first-order valence-corrected chi connectivity index (χ1v) is 7.74. The van der Waals surface area contributed by atoms with Crippen LogP contribution in [0.2, 0.25) is 0 Å². The third kappa shape index (κ3) is 3.11. The van der Waals surface area contributed by atoms with E-state index in [1.54, 1.807) is 0 Å². The van der Waals surface area contributed by atoms with Crippen LogP contribution in [0.3, 0.4) is 0 Å². The van der Waals surface area contributed by atoms with E-state index in [1.165, 1.54) is 6.42 Å². The van der Waals surface area contributed by atoms with Crippen LogP contribution in [0.1, 0.15) is 58.3 Å². The number of aliphatic hydroxyl groups is 1. The highest BCUT2D eigenvalue weighted by molar-refractivity contribution is 5.75. The second-order valence-corrected chi connectivity index (χ2v) is 6.33. The van der Waals surface area contributed by atoms with Crippen molar-refractivity contribution < 1.29 is 15.0 Å². The summed E-state index contributed by atoms with van der Waals surface area (Å²) in [6.07, 6.45) is 7.47. The van der Waals surface area contributed by atoms with E-state index < -0.39 is 11.4 Å². The lowest BCUT2D eigenvalue weighted by Gasteiger charge is -2.32. The molecule has 110 valence electrons. The van der Waals surface area contributed by atoms with Crippen molar-refractivity contribution in [2.24, 2.45) is 5.41 Å². The number of nitrogens with zero attached hydrogens (tertiary/aromatic N) is 1. The minimum absolute atomic E-state index is 0.181. The number of carboxylic acids is 1. The number of hydrogen-bond acceptors (Lipinski definition) is 3. The van der Waals surface area contributed by atoms with Crippen molar-refractivity contribution in [3.05, 3.63) is 0 Å². The molecule has 2 aliphatic rings. The van der Waals surface area contributed by atoms with Gasteiger partial charge in [-0.1, -0.05) is 32.6 Å². The van der Waals surface area contributed by atoms with Crippen LogP contribution in [-0.4, -0.2) is 46.3 Å². The molecule has 19 heavy (non-hydrogen) atoms. The van der Waals surface area contributed by atoms with Crippen LogP contribution in [0.25, 0.3) is 0 Å². The Kier molecular flexibility index (Phi) is 4.85. The van der Waals surface area contributed by atoms with Crippen molar-refractivity contribution in [3.63, 3.8) is 0 Å². The zero-order valence-electron chi connectivity index (χ0n) is 12.0. The van der Waals surface area contributed by atoms with Crippen LogP contribution in [0, 0.1) is 5.41 Å². The predicted octanol–water partition coefficient (Wildman–Crippen LogP) is 2.26. The molecular formula is C15H27NO3. The smallest absolute Gasteiger partial charge is 0.310 e. The fraction of sp³-hybridized carbons (Fsp3) is 0.933. The van der Waals surface area contributed by atoms with Crippen LogP contribution >= 0.6 is 0 Å². The van der Waals surface area contributed by atoms with Crippen LogP contribution in [0.4, 0.5) is 0 Å². The molecule has 0 aromatic carbocycles. The predicted molar refractivity (Wildman–Crippen MR) is 74.0 cm³/mol. The molecule has 0 aromatic heterocycles. The standard InChI is InChI=1S/C15H27NO3/c1-2-8-15(14(18)19)9-10-16(11-15)12-6-4-3-5-7-13(12)17/h12-13,17H,2-11H2,1H3,(H,18,19). The molecular weight excluding hydrogens is 242 g/mol. The summed E-state index contributed by atoms with van der Waals surface area (Å²) in [7, 11) is 0. The van der Waals surface area contributed by atoms with Crippen molar-refractivity contribution in [2.45, 2.75) is 70.4 Å².